The first-order valence-electron chi connectivity index (χ1n) is 5.95. The van der Waals surface area contributed by atoms with E-state index in [4.69, 9.17) is 10.2 Å². The Kier molecular flexibility index (Phi) is 4.14. The lowest BCUT2D eigenvalue weighted by Gasteiger charge is -2.16. The van der Waals surface area contributed by atoms with E-state index in [1.165, 1.54) is 0 Å². The van der Waals surface area contributed by atoms with Crippen LogP contribution in [-0.2, 0) is 0 Å². The Morgan fingerprint density at radius 2 is 1.21 bits per heavy atom. The van der Waals surface area contributed by atoms with Crippen LogP contribution in [-0.4, -0.2) is 27.1 Å². The van der Waals surface area contributed by atoms with Gasteiger partial charge in [0.05, 0.1) is 0 Å². The molecule has 0 aliphatic heterocycles. The van der Waals surface area contributed by atoms with Crippen LogP contribution in [0.15, 0.2) is 4.79 Å². The van der Waals surface area contributed by atoms with Crippen LogP contribution in [0, 0.1) is 0 Å². The summed E-state index contributed by atoms with van der Waals surface area (Å²) in [7, 11) is 0. The number of pyridine rings is 1. The van der Waals surface area contributed by atoms with Gasteiger partial charge in [0.25, 0.3) is 0 Å². The molecule has 0 saturated carbocycles. The summed E-state index contributed by atoms with van der Waals surface area (Å²) in [6.45, 7) is 6.95. The van der Waals surface area contributed by atoms with Crippen molar-refractivity contribution in [2.45, 2.75) is 39.5 Å². The third-order valence-electron chi connectivity index (χ3n) is 2.84. The van der Waals surface area contributed by atoms with Gasteiger partial charge in [0.2, 0.25) is 5.43 Å². The predicted octanol–water partition coefficient (Wildman–Crippen LogP) is 2.02. The van der Waals surface area contributed by atoms with E-state index in [0.717, 1.165) is 0 Å². The summed E-state index contributed by atoms with van der Waals surface area (Å²) in [5, 5.41) is 18.2. The first-order valence-corrected chi connectivity index (χ1v) is 5.95. The molecular formula is C13H17NO5. The second kappa shape index (κ2) is 5.26. The van der Waals surface area contributed by atoms with E-state index >= 15 is 0 Å². The maximum Gasteiger partial charge on any atom is 0.341 e. The number of hydrogen-bond acceptors (Lipinski definition) is 3. The number of carboxylic acids is 2. The summed E-state index contributed by atoms with van der Waals surface area (Å²) >= 11 is 0. The van der Waals surface area contributed by atoms with Gasteiger partial charge in [-0.2, -0.15) is 0 Å². The molecule has 1 aromatic rings. The number of H-pyrrole nitrogens is 1. The van der Waals surface area contributed by atoms with E-state index in [9.17, 15) is 14.4 Å². The molecule has 0 atom stereocenters. The van der Waals surface area contributed by atoms with Gasteiger partial charge in [-0.25, -0.2) is 9.59 Å². The molecule has 3 N–H and O–H groups in total. The zero-order valence-electron chi connectivity index (χ0n) is 11.3. The standard InChI is InChI=1S/C13H17NO5/c1-5(2)9-7(12(16)17)11(15)8(13(18)19)10(14-9)6(3)4/h5-6H,1-4H3,(H,14,15)(H,16,17)(H,18,19). The Labute approximate surface area is 110 Å². The van der Waals surface area contributed by atoms with Gasteiger partial charge in [0, 0.05) is 11.4 Å². The summed E-state index contributed by atoms with van der Waals surface area (Å²) < 4.78 is 0. The van der Waals surface area contributed by atoms with Crippen molar-refractivity contribution in [3.05, 3.63) is 32.7 Å². The average Bonchev–Trinajstić information content (AvgIpc) is 2.25. The van der Waals surface area contributed by atoms with Gasteiger partial charge < -0.3 is 15.2 Å². The van der Waals surface area contributed by atoms with Crippen LogP contribution in [0.2, 0.25) is 0 Å². The molecule has 19 heavy (non-hydrogen) atoms. The van der Waals surface area contributed by atoms with Crippen LogP contribution in [0.4, 0.5) is 0 Å². The Morgan fingerprint density at radius 3 is 1.42 bits per heavy atom. The molecule has 0 amide bonds. The lowest BCUT2D eigenvalue weighted by Crippen LogP contribution is -2.29. The van der Waals surface area contributed by atoms with E-state index in [0.29, 0.717) is 0 Å². The van der Waals surface area contributed by atoms with Crippen molar-refractivity contribution in [1.29, 1.82) is 0 Å². The van der Waals surface area contributed by atoms with Crippen molar-refractivity contribution in [3.63, 3.8) is 0 Å². The number of aromatic nitrogens is 1. The van der Waals surface area contributed by atoms with Crippen LogP contribution in [0.5, 0.6) is 0 Å². The van der Waals surface area contributed by atoms with Gasteiger partial charge in [-0.3, -0.25) is 4.79 Å². The zero-order chi connectivity index (χ0) is 14.9. The minimum Gasteiger partial charge on any atom is -0.477 e. The highest BCUT2D eigenvalue weighted by Crippen LogP contribution is 2.21. The first kappa shape index (κ1) is 14.9. The normalized spacial score (nSPS) is 11.1. The minimum atomic E-state index is -1.41. The number of carboxylic acid groups (broad SMARTS) is 2. The van der Waals surface area contributed by atoms with Crippen molar-refractivity contribution in [2.75, 3.05) is 0 Å². The van der Waals surface area contributed by atoms with Crippen molar-refractivity contribution >= 4 is 11.9 Å². The SMILES string of the molecule is CC(C)c1[nH]c(C(C)C)c(C(=O)O)c(=O)c1C(=O)O. The Balaban J connectivity index is 3.86. The Morgan fingerprint density at radius 1 is 0.895 bits per heavy atom. The van der Waals surface area contributed by atoms with Crippen molar-refractivity contribution in [3.8, 4) is 0 Å². The summed E-state index contributed by atoms with van der Waals surface area (Å²) in [6.07, 6.45) is 0. The third-order valence-corrected chi connectivity index (χ3v) is 2.84. The predicted molar refractivity (Wildman–Crippen MR) is 69.2 cm³/mol. The van der Waals surface area contributed by atoms with Crippen LogP contribution < -0.4 is 5.43 Å². The fourth-order valence-corrected chi connectivity index (χ4v) is 1.93. The number of carbonyl (C=O) groups is 2. The van der Waals surface area contributed by atoms with Crippen molar-refractivity contribution in [1.82, 2.24) is 4.98 Å². The Hall–Kier alpha value is -2.11. The molecule has 0 bridgehead atoms. The smallest absolute Gasteiger partial charge is 0.341 e. The van der Waals surface area contributed by atoms with Crippen LogP contribution in [0.1, 0.15) is 71.6 Å². The molecule has 1 rings (SSSR count). The molecule has 0 aliphatic carbocycles. The van der Waals surface area contributed by atoms with E-state index in [1.807, 2.05) is 0 Å². The zero-order valence-corrected chi connectivity index (χ0v) is 11.3. The lowest BCUT2D eigenvalue weighted by atomic mass is 9.96. The largest absolute Gasteiger partial charge is 0.477 e. The van der Waals surface area contributed by atoms with E-state index in [2.05, 4.69) is 4.98 Å². The fraction of sp³-hybridized carbons (Fsp3) is 0.462. The third kappa shape index (κ3) is 2.67. The van der Waals surface area contributed by atoms with E-state index < -0.39 is 28.5 Å². The average molecular weight is 267 g/mol. The number of aromatic carboxylic acids is 2. The van der Waals surface area contributed by atoms with Gasteiger partial charge in [0.15, 0.2) is 0 Å². The molecule has 0 unspecified atom stereocenters. The van der Waals surface area contributed by atoms with Crippen molar-refractivity contribution in [2.24, 2.45) is 0 Å². The lowest BCUT2D eigenvalue weighted by molar-refractivity contribution is 0.0691. The highest BCUT2D eigenvalue weighted by molar-refractivity contribution is 5.95. The molecule has 0 fully saturated rings. The summed E-state index contributed by atoms with van der Waals surface area (Å²) in [6, 6.07) is 0. The molecule has 104 valence electrons. The summed E-state index contributed by atoms with van der Waals surface area (Å²) in [5.74, 6) is -3.27. The number of nitrogens with one attached hydrogen (secondary N) is 1. The molecule has 6 heteroatoms. The van der Waals surface area contributed by atoms with Gasteiger partial charge >= 0.3 is 11.9 Å². The molecule has 0 aliphatic rings. The first-order chi connectivity index (χ1) is 8.68. The van der Waals surface area contributed by atoms with Crippen LogP contribution >= 0.6 is 0 Å². The van der Waals surface area contributed by atoms with E-state index in [1.54, 1.807) is 27.7 Å². The van der Waals surface area contributed by atoms with Crippen molar-refractivity contribution < 1.29 is 19.8 Å². The minimum absolute atomic E-state index is 0.223. The molecular weight excluding hydrogens is 250 g/mol. The Bertz CT molecular complexity index is 536. The molecule has 0 radical (unpaired) electrons. The number of hydrogen-bond donors (Lipinski definition) is 3. The number of aromatic amines is 1. The molecule has 1 heterocycles. The van der Waals surface area contributed by atoms with Gasteiger partial charge in [-0.05, 0) is 11.8 Å². The van der Waals surface area contributed by atoms with E-state index in [-0.39, 0.29) is 23.2 Å². The second-order valence-corrected chi connectivity index (χ2v) is 4.95. The highest BCUT2D eigenvalue weighted by atomic mass is 16.4. The summed E-state index contributed by atoms with van der Waals surface area (Å²) in [5.41, 5.74) is -1.41. The molecule has 0 aromatic carbocycles. The summed E-state index contributed by atoms with van der Waals surface area (Å²) in [4.78, 5) is 37.3. The topological polar surface area (TPSA) is 107 Å². The fourth-order valence-electron chi connectivity index (χ4n) is 1.93. The van der Waals surface area contributed by atoms with Crippen LogP contribution in [0.25, 0.3) is 0 Å². The van der Waals surface area contributed by atoms with Gasteiger partial charge in [-0.15, -0.1) is 0 Å². The second-order valence-electron chi connectivity index (χ2n) is 4.95. The van der Waals surface area contributed by atoms with Gasteiger partial charge in [0.1, 0.15) is 11.1 Å². The monoisotopic (exact) mass is 267 g/mol. The maximum atomic E-state index is 12.1. The maximum absolute atomic E-state index is 12.1. The molecule has 0 spiro atoms. The number of rotatable bonds is 4. The molecule has 1 aromatic heterocycles. The molecule has 6 nitrogen and oxygen atoms in total. The quantitative estimate of drug-likeness (QED) is 0.773. The highest BCUT2D eigenvalue weighted by Gasteiger charge is 2.27. The molecule has 0 saturated heterocycles. The van der Waals surface area contributed by atoms with Crippen LogP contribution in [0.3, 0.4) is 0 Å². The van der Waals surface area contributed by atoms with Gasteiger partial charge in [-0.1, -0.05) is 27.7 Å².